The average molecular weight is 513 g/mol. The van der Waals surface area contributed by atoms with Gasteiger partial charge in [-0.3, -0.25) is 9.59 Å². The zero-order valence-electron chi connectivity index (χ0n) is 22.7. The Balaban J connectivity index is 1.39. The quantitative estimate of drug-likeness (QED) is 0.380. The maximum atomic E-state index is 13.1. The molecule has 5 bridgehead atoms. The van der Waals surface area contributed by atoms with Crippen molar-refractivity contribution in [1.29, 1.82) is 0 Å². The van der Waals surface area contributed by atoms with Gasteiger partial charge in [0.25, 0.3) is 0 Å². The van der Waals surface area contributed by atoms with E-state index in [4.69, 9.17) is 14.2 Å². The van der Waals surface area contributed by atoms with Crippen molar-refractivity contribution >= 4 is 11.9 Å². The molecule has 7 nitrogen and oxygen atoms in total. The van der Waals surface area contributed by atoms with Crippen LogP contribution in [0, 0.1) is 58.7 Å². The van der Waals surface area contributed by atoms with Crippen LogP contribution in [0.1, 0.15) is 67.2 Å². The Morgan fingerprint density at radius 3 is 2.27 bits per heavy atom. The first kappa shape index (κ1) is 23.4. The van der Waals surface area contributed by atoms with E-state index < -0.39 is 28.3 Å². The predicted octanol–water partition coefficient (Wildman–Crippen LogP) is 3.01. The largest absolute Gasteiger partial charge is 0.461 e. The molecule has 7 fully saturated rings. The molecular weight excluding hydrogens is 472 g/mol. The number of hydrogen-bond donors (Lipinski definition) is 2. The molecule has 37 heavy (non-hydrogen) atoms. The summed E-state index contributed by atoms with van der Waals surface area (Å²) in [5.41, 5.74) is -0.528. The molecule has 3 aliphatic heterocycles. The van der Waals surface area contributed by atoms with Gasteiger partial charge in [-0.25, -0.2) is 0 Å². The van der Waals surface area contributed by atoms with Crippen molar-refractivity contribution in [2.75, 3.05) is 0 Å². The minimum Gasteiger partial charge on any atom is -0.461 e. The van der Waals surface area contributed by atoms with E-state index >= 15 is 0 Å². The Morgan fingerprint density at radius 2 is 1.54 bits per heavy atom. The van der Waals surface area contributed by atoms with Crippen molar-refractivity contribution in [2.24, 2.45) is 58.7 Å². The Bertz CT molecular complexity index is 1170. The number of ether oxygens (including phenoxy) is 3. The summed E-state index contributed by atoms with van der Waals surface area (Å²) in [4.78, 5) is 25.8. The van der Waals surface area contributed by atoms with Gasteiger partial charge in [-0.1, -0.05) is 19.4 Å². The maximum absolute atomic E-state index is 13.1. The van der Waals surface area contributed by atoms with Crippen molar-refractivity contribution in [3.8, 4) is 0 Å². The number of hydrogen-bond acceptors (Lipinski definition) is 7. The molecule has 5 aliphatic carbocycles. The first-order valence-electron chi connectivity index (χ1n) is 14.5. The fourth-order valence-corrected chi connectivity index (χ4v) is 12.3. The van der Waals surface area contributed by atoms with Gasteiger partial charge in [0.15, 0.2) is 0 Å². The molecular formula is C30H40O7. The van der Waals surface area contributed by atoms with Crippen molar-refractivity contribution < 1.29 is 34.0 Å². The third kappa shape index (κ3) is 2.18. The zero-order chi connectivity index (χ0) is 26.2. The van der Waals surface area contributed by atoms with Crippen LogP contribution in [0.15, 0.2) is 11.1 Å². The van der Waals surface area contributed by atoms with Crippen LogP contribution >= 0.6 is 0 Å². The smallest absolute Gasteiger partial charge is 0.309 e. The lowest BCUT2D eigenvalue weighted by Crippen LogP contribution is -2.64. The van der Waals surface area contributed by atoms with Gasteiger partial charge in [0, 0.05) is 23.7 Å². The first-order valence-corrected chi connectivity index (χ1v) is 14.5. The SMILES string of the molecule is CC1=C2[C@H]3OC(=O)[C@@H](C)[C@@H]3CC[C@](C)(O)[C@@H]2[C@H]2[C@H]3C(O)C4(C)O[C@@]5(C)CC[C@H]6[C@H](C)C(=O)O[C@@H]6[C@@]4([C@@H]35)[C@@H]12. The lowest BCUT2D eigenvalue weighted by atomic mass is 9.54. The number of carbonyl (C=O) groups excluding carboxylic acids is 2. The molecule has 2 N–H and O–H groups in total. The molecule has 3 saturated heterocycles. The number of allylic oxidation sites excluding steroid dienone is 1. The van der Waals surface area contributed by atoms with E-state index in [1.54, 1.807) is 0 Å². The van der Waals surface area contributed by atoms with Crippen LogP contribution < -0.4 is 0 Å². The lowest BCUT2D eigenvalue weighted by molar-refractivity contribution is -0.254. The molecule has 0 amide bonds. The highest BCUT2D eigenvalue weighted by Gasteiger charge is 2.91. The van der Waals surface area contributed by atoms with Gasteiger partial charge in [-0.2, -0.15) is 0 Å². The maximum Gasteiger partial charge on any atom is 0.309 e. The highest BCUT2D eigenvalue weighted by atomic mass is 16.6. The topological polar surface area (TPSA) is 102 Å². The second kappa shape index (κ2) is 6.47. The van der Waals surface area contributed by atoms with E-state index in [0.29, 0.717) is 6.42 Å². The van der Waals surface area contributed by atoms with Crippen LogP contribution in [-0.2, 0) is 23.8 Å². The number of aliphatic hydroxyl groups excluding tert-OH is 1. The Labute approximate surface area is 218 Å². The van der Waals surface area contributed by atoms with Crippen LogP contribution in [0.3, 0.4) is 0 Å². The van der Waals surface area contributed by atoms with Gasteiger partial charge in [-0.05, 0) is 76.7 Å². The summed E-state index contributed by atoms with van der Waals surface area (Å²) in [6.07, 6.45) is 1.71. The third-order valence-corrected chi connectivity index (χ3v) is 13.5. The average Bonchev–Trinajstić information content (AvgIpc) is 3.53. The monoisotopic (exact) mass is 512 g/mol. The number of carbonyl (C=O) groups is 2. The summed E-state index contributed by atoms with van der Waals surface area (Å²) < 4.78 is 19.4. The lowest BCUT2D eigenvalue weighted by Gasteiger charge is -2.55. The highest BCUT2D eigenvalue weighted by Crippen LogP contribution is 2.85. The molecule has 7 heteroatoms. The van der Waals surface area contributed by atoms with E-state index in [1.807, 2.05) is 20.8 Å². The molecule has 2 unspecified atom stereocenters. The molecule has 4 saturated carbocycles. The molecule has 202 valence electrons. The summed E-state index contributed by atoms with van der Waals surface area (Å²) in [7, 11) is 0. The van der Waals surface area contributed by atoms with Crippen molar-refractivity contribution in [1.82, 2.24) is 0 Å². The number of fused-ring (bicyclic) bond motifs is 7. The zero-order valence-corrected chi connectivity index (χ0v) is 22.7. The van der Waals surface area contributed by atoms with E-state index in [2.05, 4.69) is 20.8 Å². The van der Waals surface area contributed by atoms with Gasteiger partial charge in [0.1, 0.15) is 17.8 Å². The number of rotatable bonds is 0. The van der Waals surface area contributed by atoms with Crippen molar-refractivity contribution in [3.05, 3.63) is 11.1 Å². The van der Waals surface area contributed by atoms with E-state index in [1.165, 1.54) is 5.57 Å². The molecule has 16 atom stereocenters. The number of esters is 2. The minimum absolute atomic E-state index is 0.00116. The Morgan fingerprint density at radius 1 is 0.892 bits per heavy atom. The van der Waals surface area contributed by atoms with Crippen LogP contribution in [0.2, 0.25) is 0 Å². The summed E-state index contributed by atoms with van der Waals surface area (Å²) in [5.74, 6) is -0.748. The standard InChI is InChI=1S/C30H40O7/c1-11-14-7-9-27(4,34)20-16(21(14)35-25(11)32)13(3)19-17(20)18-22-28(5)10-8-15-12(2)26(33)36-24(15)30(19,22)29(6,37-28)23(18)31/h11-12,14-15,17-24,31,34H,7-10H2,1-6H3/t11-,12-,14-,15-,17-,18+,19-,20-,21-,22-,23?,24-,27-,28-,29?,30-/m0/s1. The van der Waals surface area contributed by atoms with E-state index in [0.717, 1.165) is 24.8 Å². The fraction of sp³-hybridized carbons (Fsp3) is 0.867. The molecule has 0 aromatic carbocycles. The summed E-state index contributed by atoms with van der Waals surface area (Å²) in [6, 6.07) is 0. The van der Waals surface area contributed by atoms with Gasteiger partial charge in [0.2, 0.25) is 0 Å². The van der Waals surface area contributed by atoms with Crippen molar-refractivity contribution in [3.63, 3.8) is 0 Å². The highest BCUT2D eigenvalue weighted by molar-refractivity contribution is 5.76. The van der Waals surface area contributed by atoms with Gasteiger partial charge in [0.05, 0.1) is 34.6 Å². The van der Waals surface area contributed by atoms with Gasteiger partial charge >= 0.3 is 11.9 Å². The summed E-state index contributed by atoms with van der Waals surface area (Å²) in [5, 5.41) is 24.2. The van der Waals surface area contributed by atoms with Gasteiger partial charge in [-0.15, -0.1) is 0 Å². The van der Waals surface area contributed by atoms with E-state index in [-0.39, 0.29) is 77.4 Å². The Kier molecular flexibility index (Phi) is 4.10. The molecule has 8 rings (SSSR count). The predicted molar refractivity (Wildman–Crippen MR) is 131 cm³/mol. The molecule has 0 aromatic rings. The summed E-state index contributed by atoms with van der Waals surface area (Å²) in [6.45, 7) is 12.4. The van der Waals surface area contributed by atoms with Crippen LogP contribution in [0.25, 0.3) is 0 Å². The first-order chi connectivity index (χ1) is 17.3. The van der Waals surface area contributed by atoms with Crippen LogP contribution in [-0.4, -0.2) is 57.3 Å². The summed E-state index contributed by atoms with van der Waals surface area (Å²) >= 11 is 0. The fourth-order valence-electron chi connectivity index (χ4n) is 12.3. The normalized spacial score (nSPS) is 64.5. The molecule has 8 aliphatic rings. The van der Waals surface area contributed by atoms with Crippen molar-refractivity contribution in [2.45, 2.75) is 102 Å². The molecule has 3 heterocycles. The second-order valence-corrected chi connectivity index (χ2v) is 14.7. The molecule has 0 radical (unpaired) electrons. The van der Waals surface area contributed by atoms with Crippen LogP contribution in [0.4, 0.5) is 0 Å². The number of aliphatic hydroxyl groups is 2. The second-order valence-electron chi connectivity index (χ2n) is 14.7. The molecule has 0 spiro atoms. The van der Waals surface area contributed by atoms with Gasteiger partial charge < -0.3 is 24.4 Å². The van der Waals surface area contributed by atoms with Crippen LogP contribution in [0.5, 0.6) is 0 Å². The minimum atomic E-state index is -0.974. The van der Waals surface area contributed by atoms with E-state index in [9.17, 15) is 19.8 Å². The Hall–Kier alpha value is -1.44. The third-order valence-electron chi connectivity index (χ3n) is 13.5. The molecule has 0 aromatic heterocycles.